The Balaban J connectivity index is 6.65. The molecule has 214 valence electrons. The number of amides is 1. The summed E-state index contributed by atoms with van der Waals surface area (Å²) in [5.41, 5.74) is 0. The highest BCUT2D eigenvalue weighted by Crippen LogP contribution is 2.21. The van der Waals surface area contributed by atoms with Crippen molar-refractivity contribution in [2.24, 2.45) is 0 Å². The van der Waals surface area contributed by atoms with Crippen LogP contribution in [0.15, 0.2) is 0 Å². The number of hydrogen-bond acceptors (Lipinski definition) is 15. The average Bonchev–Trinajstić information content (AvgIpc) is 2.78. The van der Waals surface area contributed by atoms with E-state index >= 15 is 0 Å². The minimum atomic E-state index is -2.14. The lowest BCUT2D eigenvalue weighted by molar-refractivity contribution is -0.203. The van der Waals surface area contributed by atoms with Gasteiger partial charge >= 0.3 is 41.8 Å². The molecule has 0 aromatic rings. The summed E-state index contributed by atoms with van der Waals surface area (Å²) < 4.78 is 34.5. The number of methoxy groups -OCH3 is 1. The summed E-state index contributed by atoms with van der Waals surface area (Å²) in [6.45, 7) is 4.36. The van der Waals surface area contributed by atoms with E-state index in [0.29, 0.717) is 0 Å². The van der Waals surface area contributed by atoms with Gasteiger partial charge in [0.1, 0.15) is 13.2 Å². The van der Waals surface area contributed by atoms with E-state index in [1.807, 2.05) is 0 Å². The van der Waals surface area contributed by atoms with Gasteiger partial charge in [0.25, 0.3) is 5.91 Å². The molecule has 1 N–H and O–H groups in total. The first-order chi connectivity index (χ1) is 17.6. The summed E-state index contributed by atoms with van der Waals surface area (Å²) >= 11 is 0. The fraction of sp³-hybridized carbons (Fsp3) is 0.636. The van der Waals surface area contributed by atoms with Gasteiger partial charge in [-0.05, 0) is 0 Å². The molecule has 38 heavy (non-hydrogen) atoms. The molecule has 1 amide bonds. The van der Waals surface area contributed by atoms with Crippen LogP contribution in [0.2, 0.25) is 0 Å². The minimum absolute atomic E-state index is 0.686. The molecule has 16 heteroatoms. The average molecular weight is 549 g/mol. The molecule has 0 heterocycles. The molecule has 0 bridgehead atoms. The number of carbonyl (C=O) groups is 8. The van der Waals surface area contributed by atoms with Crippen LogP contribution in [-0.2, 0) is 71.5 Å². The summed E-state index contributed by atoms with van der Waals surface area (Å²) in [7, 11) is 0.982. The lowest BCUT2D eigenvalue weighted by atomic mass is 10.0. The van der Waals surface area contributed by atoms with Crippen LogP contribution in [0.4, 0.5) is 0 Å². The normalized spacial score (nSPS) is 14.2. The molecule has 0 radical (unpaired) electrons. The molecule has 0 saturated carbocycles. The maximum absolute atomic E-state index is 13.2. The zero-order valence-electron chi connectivity index (χ0n) is 21.9. The second-order valence-corrected chi connectivity index (χ2v) is 7.52. The van der Waals surface area contributed by atoms with Crippen molar-refractivity contribution in [1.82, 2.24) is 5.32 Å². The summed E-state index contributed by atoms with van der Waals surface area (Å²) in [5.74, 6) is -8.08. The maximum atomic E-state index is 13.2. The molecule has 0 aliphatic heterocycles. The summed E-state index contributed by atoms with van der Waals surface area (Å²) in [6, 6.07) is -1.61. The van der Waals surface area contributed by atoms with Crippen molar-refractivity contribution in [3.05, 3.63) is 0 Å². The van der Waals surface area contributed by atoms with E-state index in [1.54, 1.807) is 0 Å². The van der Waals surface area contributed by atoms with Crippen molar-refractivity contribution in [3.8, 4) is 0 Å². The Morgan fingerprint density at radius 1 is 0.579 bits per heavy atom. The van der Waals surface area contributed by atoms with Gasteiger partial charge in [0.15, 0.2) is 24.4 Å². The number of nitrogens with one attached hydrogen (secondary N) is 1. The van der Waals surface area contributed by atoms with Crippen LogP contribution in [0.3, 0.4) is 0 Å². The van der Waals surface area contributed by atoms with Gasteiger partial charge in [0, 0.05) is 41.5 Å². The predicted octanol–water partition coefficient (Wildman–Crippen LogP) is -1.50. The molecule has 0 unspecified atom stereocenters. The number of esters is 7. The summed E-state index contributed by atoms with van der Waals surface area (Å²) in [4.78, 5) is 95.4. The second kappa shape index (κ2) is 16.5. The zero-order valence-corrected chi connectivity index (χ0v) is 21.9. The smallest absolute Gasteiger partial charge is 0.331 e. The van der Waals surface area contributed by atoms with Gasteiger partial charge in [0.2, 0.25) is 6.10 Å². The molecule has 0 fully saturated rings. The Hall–Kier alpha value is -4.24. The van der Waals surface area contributed by atoms with Gasteiger partial charge < -0.3 is 38.5 Å². The fourth-order valence-electron chi connectivity index (χ4n) is 2.86. The van der Waals surface area contributed by atoms with E-state index in [1.165, 1.54) is 0 Å². The minimum Gasteiger partial charge on any atom is -0.467 e. The SMILES string of the molecule is COC(=O)[C@H](COC(C)=O)NC(=O)[C@H](OC(C)=O)[C@@H](OC(C)=O)[C@H](OC(C)=O)[C@@H](COC(C)=O)OC(C)=O. The Labute approximate surface area is 217 Å². The van der Waals surface area contributed by atoms with Crippen LogP contribution in [-0.4, -0.2) is 98.5 Å². The molecule has 5 atom stereocenters. The van der Waals surface area contributed by atoms with E-state index in [9.17, 15) is 38.4 Å². The highest BCUT2D eigenvalue weighted by atomic mass is 16.6. The monoisotopic (exact) mass is 549 g/mol. The Kier molecular flexibility index (Phi) is 14.7. The van der Waals surface area contributed by atoms with Crippen LogP contribution >= 0.6 is 0 Å². The van der Waals surface area contributed by atoms with Crippen LogP contribution in [0, 0.1) is 0 Å². The highest BCUT2D eigenvalue weighted by Gasteiger charge is 2.47. The topological polar surface area (TPSA) is 213 Å². The molecule has 0 saturated heterocycles. The molecule has 0 rings (SSSR count). The second-order valence-electron chi connectivity index (χ2n) is 7.52. The standard InChI is InChI=1S/C22H31NO15/c1-10(24)33-8-16(22(31)32-7)23-21(30)20(38-15(6)29)19(37-14(5)28)18(36-13(4)27)17(35-12(3)26)9-34-11(2)25/h16-20H,8-9H2,1-7H3,(H,23,30)/t16-,17+,18+,19-,20+/m0/s1. The first-order valence-corrected chi connectivity index (χ1v) is 10.9. The van der Waals surface area contributed by atoms with Gasteiger partial charge in [0.05, 0.1) is 7.11 Å². The van der Waals surface area contributed by atoms with E-state index in [-0.39, 0.29) is 0 Å². The van der Waals surface area contributed by atoms with Gasteiger partial charge in [-0.25, -0.2) is 4.79 Å². The Morgan fingerprint density at radius 2 is 1.03 bits per heavy atom. The third-order valence-electron chi connectivity index (χ3n) is 4.17. The number of hydrogen-bond donors (Lipinski definition) is 1. The molecule has 0 spiro atoms. The van der Waals surface area contributed by atoms with Crippen molar-refractivity contribution in [2.75, 3.05) is 20.3 Å². The van der Waals surface area contributed by atoms with Crippen molar-refractivity contribution in [2.45, 2.75) is 72.0 Å². The largest absolute Gasteiger partial charge is 0.467 e. The summed E-state index contributed by atoms with van der Waals surface area (Å²) in [5, 5.41) is 2.13. The van der Waals surface area contributed by atoms with Gasteiger partial charge in [-0.2, -0.15) is 0 Å². The van der Waals surface area contributed by atoms with E-state index < -0.39 is 91.4 Å². The van der Waals surface area contributed by atoms with E-state index in [2.05, 4.69) is 10.1 Å². The zero-order chi connectivity index (χ0) is 29.6. The molecule has 0 aromatic carbocycles. The third kappa shape index (κ3) is 13.2. The number of rotatable bonds is 14. The Bertz CT molecular complexity index is 914. The molecular weight excluding hydrogens is 518 g/mol. The molecule has 0 aromatic heterocycles. The van der Waals surface area contributed by atoms with Crippen LogP contribution in [0.1, 0.15) is 41.5 Å². The predicted molar refractivity (Wildman–Crippen MR) is 119 cm³/mol. The molecule has 16 nitrogen and oxygen atoms in total. The van der Waals surface area contributed by atoms with Crippen molar-refractivity contribution in [1.29, 1.82) is 0 Å². The van der Waals surface area contributed by atoms with Crippen LogP contribution < -0.4 is 5.32 Å². The molecule has 0 aliphatic rings. The first kappa shape index (κ1) is 33.8. The third-order valence-corrected chi connectivity index (χ3v) is 4.17. The lowest BCUT2D eigenvalue weighted by Gasteiger charge is -2.35. The summed E-state index contributed by atoms with van der Waals surface area (Å²) in [6.07, 6.45) is -7.68. The van der Waals surface area contributed by atoms with Gasteiger partial charge in [-0.3, -0.25) is 33.6 Å². The quantitative estimate of drug-likeness (QED) is 0.193. The lowest BCUT2D eigenvalue weighted by Crippen LogP contribution is -2.59. The fourth-order valence-corrected chi connectivity index (χ4v) is 2.86. The van der Waals surface area contributed by atoms with E-state index in [0.717, 1.165) is 48.7 Å². The first-order valence-electron chi connectivity index (χ1n) is 10.9. The van der Waals surface area contributed by atoms with Gasteiger partial charge in [-0.1, -0.05) is 0 Å². The van der Waals surface area contributed by atoms with Crippen LogP contribution in [0.5, 0.6) is 0 Å². The van der Waals surface area contributed by atoms with Crippen LogP contribution in [0.25, 0.3) is 0 Å². The number of carbonyl (C=O) groups excluding carboxylic acids is 8. The highest BCUT2D eigenvalue weighted by molar-refractivity contribution is 5.89. The molecular formula is C22H31NO15. The van der Waals surface area contributed by atoms with Crippen molar-refractivity contribution >= 4 is 47.7 Å². The Morgan fingerprint density at radius 3 is 1.45 bits per heavy atom. The maximum Gasteiger partial charge on any atom is 0.331 e. The van der Waals surface area contributed by atoms with Crippen molar-refractivity contribution in [3.63, 3.8) is 0 Å². The molecule has 0 aliphatic carbocycles. The number of ether oxygens (including phenoxy) is 7. The van der Waals surface area contributed by atoms with Gasteiger partial charge in [-0.15, -0.1) is 0 Å². The van der Waals surface area contributed by atoms with E-state index in [4.69, 9.17) is 28.4 Å². The van der Waals surface area contributed by atoms with Crippen molar-refractivity contribution < 1.29 is 71.5 Å².